The number of hydrogen-bond donors (Lipinski definition) is 0. The Kier molecular flexibility index (Phi) is 6.53. The highest BCUT2D eigenvalue weighted by Gasteiger charge is 2.49. The van der Waals surface area contributed by atoms with Gasteiger partial charge in [0, 0.05) is 17.1 Å². The van der Waals surface area contributed by atoms with Crippen LogP contribution in [0, 0.1) is 13.8 Å². The molecule has 0 aromatic heterocycles. The van der Waals surface area contributed by atoms with Crippen LogP contribution in [0.15, 0.2) is 146 Å². The van der Waals surface area contributed by atoms with Gasteiger partial charge in [0.25, 0.3) is 0 Å². The SMILES string of the molecule is COc1cc2c(cc1C)[Si](c1ccccc1)(c1ccccc1)c1cc(C)c(N(c3ccccc3)c3ccccc3)cc1-2. The lowest BCUT2D eigenvalue weighted by Crippen LogP contribution is -2.72. The molecule has 0 radical (unpaired) electrons. The van der Waals surface area contributed by atoms with Gasteiger partial charge in [-0.05, 0) is 93.2 Å². The van der Waals surface area contributed by atoms with Crippen molar-refractivity contribution in [1.82, 2.24) is 0 Å². The van der Waals surface area contributed by atoms with Gasteiger partial charge in [0.1, 0.15) is 5.75 Å². The molecule has 1 aliphatic heterocycles. The normalized spacial score (nSPS) is 12.8. The summed E-state index contributed by atoms with van der Waals surface area (Å²) >= 11 is 0. The van der Waals surface area contributed by atoms with Crippen molar-refractivity contribution in [1.29, 1.82) is 0 Å². The first-order chi connectivity index (χ1) is 20.6. The molecule has 204 valence electrons. The van der Waals surface area contributed by atoms with E-state index in [-0.39, 0.29) is 0 Å². The van der Waals surface area contributed by atoms with Crippen molar-refractivity contribution in [2.45, 2.75) is 13.8 Å². The number of hydrogen-bond acceptors (Lipinski definition) is 2. The fourth-order valence-electron chi connectivity index (χ4n) is 6.80. The maximum Gasteiger partial charge on any atom is 0.180 e. The summed E-state index contributed by atoms with van der Waals surface area (Å²) in [5.41, 5.74) is 8.45. The zero-order valence-electron chi connectivity index (χ0n) is 24.2. The molecule has 0 fully saturated rings. The number of para-hydroxylation sites is 2. The second-order valence-electron chi connectivity index (χ2n) is 11.0. The molecule has 42 heavy (non-hydrogen) atoms. The first-order valence-electron chi connectivity index (χ1n) is 14.5. The maximum absolute atomic E-state index is 5.91. The zero-order valence-corrected chi connectivity index (χ0v) is 25.2. The minimum Gasteiger partial charge on any atom is -0.496 e. The Balaban J connectivity index is 1.59. The van der Waals surface area contributed by atoms with E-state index < -0.39 is 8.07 Å². The van der Waals surface area contributed by atoms with E-state index in [1.54, 1.807) is 7.11 Å². The number of rotatable bonds is 6. The summed E-state index contributed by atoms with van der Waals surface area (Å²) in [6.07, 6.45) is 0. The molecule has 0 bridgehead atoms. The van der Waals surface area contributed by atoms with Gasteiger partial charge in [-0.15, -0.1) is 0 Å². The molecule has 7 rings (SSSR count). The molecular formula is C39H33NOSi. The van der Waals surface area contributed by atoms with Crippen LogP contribution in [0.3, 0.4) is 0 Å². The second-order valence-corrected chi connectivity index (χ2v) is 14.8. The molecule has 0 spiro atoms. The van der Waals surface area contributed by atoms with Crippen molar-refractivity contribution < 1.29 is 4.74 Å². The van der Waals surface area contributed by atoms with Crippen molar-refractivity contribution in [2.24, 2.45) is 0 Å². The minimum absolute atomic E-state index is 0.927. The van der Waals surface area contributed by atoms with E-state index >= 15 is 0 Å². The molecule has 0 unspecified atom stereocenters. The Bertz CT molecular complexity index is 1790. The summed E-state index contributed by atoms with van der Waals surface area (Å²) in [4.78, 5) is 2.38. The Hall–Kier alpha value is -4.86. The van der Waals surface area contributed by atoms with Crippen LogP contribution in [0.1, 0.15) is 11.1 Å². The number of methoxy groups -OCH3 is 1. The van der Waals surface area contributed by atoms with Crippen molar-refractivity contribution >= 4 is 45.9 Å². The van der Waals surface area contributed by atoms with Crippen LogP contribution < -0.4 is 30.4 Å². The average molecular weight is 560 g/mol. The van der Waals surface area contributed by atoms with Crippen LogP contribution in [0.2, 0.25) is 0 Å². The monoisotopic (exact) mass is 559 g/mol. The summed E-state index contributed by atoms with van der Waals surface area (Å²) in [6.45, 7) is 4.43. The van der Waals surface area contributed by atoms with E-state index in [1.165, 1.54) is 48.7 Å². The molecule has 0 aliphatic carbocycles. The van der Waals surface area contributed by atoms with Crippen molar-refractivity contribution in [3.05, 3.63) is 157 Å². The van der Waals surface area contributed by atoms with E-state index in [1.807, 2.05) is 0 Å². The van der Waals surface area contributed by atoms with E-state index in [9.17, 15) is 0 Å². The quantitative estimate of drug-likeness (QED) is 0.201. The van der Waals surface area contributed by atoms with Crippen molar-refractivity contribution in [3.63, 3.8) is 0 Å². The highest BCUT2D eigenvalue weighted by atomic mass is 28.3. The molecule has 0 saturated heterocycles. The third kappa shape index (κ3) is 4.00. The van der Waals surface area contributed by atoms with Crippen LogP contribution in [-0.4, -0.2) is 15.2 Å². The van der Waals surface area contributed by atoms with Crippen LogP contribution in [-0.2, 0) is 0 Å². The molecule has 1 aliphatic rings. The molecule has 0 amide bonds. The van der Waals surface area contributed by atoms with Crippen LogP contribution >= 0.6 is 0 Å². The Morgan fingerprint density at radius 1 is 0.500 bits per heavy atom. The molecule has 3 heteroatoms. The van der Waals surface area contributed by atoms with Crippen LogP contribution in [0.25, 0.3) is 11.1 Å². The topological polar surface area (TPSA) is 12.5 Å². The van der Waals surface area contributed by atoms with E-state index in [0.29, 0.717) is 0 Å². The van der Waals surface area contributed by atoms with Crippen molar-refractivity contribution in [2.75, 3.05) is 12.0 Å². The van der Waals surface area contributed by atoms with Crippen molar-refractivity contribution in [3.8, 4) is 16.9 Å². The number of benzene rings is 6. The molecule has 0 saturated carbocycles. The van der Waals surface area contributed by atoms with Gasteiger partial charge in [-0.1, -0.05) is 109 Å². The summed E-state index contributed by atoms with van der Waals surface area (Å²) in [7, 11) is -0.840. The summed E-state index contributed by atoms with van der Waals surface area (Å²) < 4.78 is 5.91. The molecule has 2 nitrogen and oxygen atoms in total. The van der Waals surface area contributed by atoms with Gasteiger partial charge in [0.2, 0.25) is 0 Å². The zero-order chi connectivity index (χ0) is 28.7. The number of nitrogens with zero attached hydrogens (tertiary/aromatic N) is 1. The predicted octanol–water partition coefficient (Wildman–Crippen LogP) is 7.14. The predicted molar refractivity (Wildman–Crippen MR) is 180 cm³/mol. The first kappa shape index (κ1) is 26.1. The lowest BCUT2D eigenvalue weighted by Gasteiger charge is -2.33. The van der Waals surface area contributed by atoms with Gasteiger partial charge in [-0.2, -0.15) is 0 Å². The van der Waals surface area contributed by atoms with Gasteiger partial charge in [0.05, 0.1) is 7.11 Å². The van der Waals surface area contributed by atoms with E-state index in [2.05, 4.69) is 164 Å². The number of aryl methyl sites for hydroxylation is 2. The second kappa shape index (κ2) is 10.5. The number of fused-ring (bicyclic) bond motifs is 3. The van der Waals surface area contributed by atoms with E-state index in [4.69, 9.17) is 4.74 Å². The fourth-order valence-corrected chi connectivity index (χ4v) is 12.1. The van der Waals surface area contributed by atoms with Crippen LogP contribution in [0.5, 0.6) is 5.75 Å². The smallest absolute Gasteiger partial charge is 0.180 e. The molecule has 0 N–H and O–H groups in total. The first-order valence-corrected chi connectivity index (χ1v) is 16.5. The lowest BCUT2D eigenvalue weighted by molar-refractivity contribution is 0.412. The van der Waals surface area contributed by atoms with Gasteiger partial charge in [-0.25, -0.2) is 0 Å². The highest BCUT2D eigenvalue weighted by Crippen LogP contribution is 2.41. The third-order valence-electron chi connectivity index (χ3n) is 8.65. The Morgan fingerprint density at radius 2 is 0.929 bits per heavy atom. The molecular weight excluding hydrogens is 527 g/mol. The summed E-state index contributed by atoms with van der Waals surface area (Å²) in [5.74, 6) is 0.927. The number of anilines is 3. The standard InChI is InChI=1S/C39H33NOSi/c1-28-24-38-34(26-36(28)40(30-16-8-4-9-17-30)31-18-10-5-11-19-31)35-27-37(41-3)29(2)25-39(35)42(38,32-20-12-6-13-21-32)33-22-14-7-15-23-33/h4-27H,1-3H3. The van der Waals surface area contributed by atoms with E-state index in [0.717, 1.165) is 17.1 Å². The largest absolute Gasteiger partial charge is 0.496 e. The fraction of sp³-hybridized carbons (Fsp3) is 0.0769. The third-order valence-corrected chi connectivity index (χ3v) is 13.5. The van der Waals surface area contributed by atoms with Gasteiger partial charge in [-0.3, -0.25) is 0 Å². The Morgan fingerprint density at radius 3 is 1.40 bits per heavy atom. The van der Waals surface area contributed by atoms with Gasteiger partial charge >= 0.3 is 0 Å². The molecule has 6 aromatic carbocycles. The maximum atomic E-state index is 5.91. The van der Waals surface area contributed by atoms with Gasteiger partial charge in [0.15, 0.2) is 8.07 Å². The minimum atomic E-state index is -2.61. The summed E-state index contributed by atoms with van der Waals surface area (Å²) in [5, 5.41) is 5.66. The highest BCUT2D eigenvalue weighted by molar-refractivity contribution is 7.22. The number of ether oxygens (including phenoxy) is 1. The van der Waals surface area contributed by atoms with Gasteiger partial charge < -0.3 is 9.64 Å². The lowest BCUT2D eigenvalue weighted by atomic mass is 10.00. The molecule has 1 heterocycles. The average Bonchev–Trinajstić information content (AvgIpc) is 3.31. The van der Waals surface area contributed by atoms with Crippen LogP contribution in [0.4, 0.5) is 17.1 Å². The molecule has 0 atom stereocenters. The Labute approximate surface area is 249 Å². The summed E-state index contributed by atoms with van der Waals surface area (Å²) in [6, 6.07) is 53.3. The molecule has 6 aromatic rings.